The second-order valence-electron chi connectivity index (χ2n) is 11.2. The van der Waals surface area contributed by atoms with Gasteiger partial charge < -0.3 is 24.8 Å². The highest BCUT2D eigenvalue weighted by molar-refractivity contribution is 6.07. The summed E-state index contributed by atoms with van der Waals surface area (Å²) < 4.78 is 21.9. The molecule has 2 N–H and O–H groups in total. The molecule has 1 atom stereocenters. The first-order valence-corrected chi connectivity index (χ1v) is 13.9. The van der Waals surface area contributed by atoms with Crippen molar-refractivity contribution in [2.24, 2.45) is 0 Å². The molecule has 10 nitrogen and oxygen atoms in total. The predicted molar refractivity (Wildman–Crippen MR) is 151 cm³/mol. The number of fused-ring (bicyclic) bond motifs is 3. The van der Waals surface area contributed by atoms with Gasteiger partial charge in [0.1, 0.15) is 11.6 Å². The molecular weight excluding hydrogens is 525 g/mol. The molecule has 1 unspecified atom stereocenters. The van der Waals surface area contributed by atoms with Crippen molar-refractivity contribution in [1.82, 2.24) is 24.4 Å². The monoisotopic (exact) mass is 555 g/mol. The lowest BCUT2D eigenvalue weighted by molar-refractivity contribution is -0.158. The molecule has 1 aromatic carbocycles. The maximum Gasteiger partial charge on any atom is 0.251 e. The number of halogens is 1. The largest absolute Gasteiger partial charge is 0.368 e. The molecule has 7 rings (SSSR count). The molecule has 0 saturated carbocycles. The number of likely N-dealkylation sites (tertiary alicyclic amines) is 1. The van der Waals surface area contributed by atoms with Gasteiger partial charge in [0.25, 0.3) is 5.91 Å². The van der Waals surface area contributed by atoms with Crippen LogP contribution in [0.25, 0.3) is 22.3 Å². The van der Waals surface area contributed by atoms with Crippen molar-refractivity contribution in [3.63, 3.8) is 0 Å². The first-order chi connectivity index (χ1) is 19.8. The van der Waals surface area contributed by atoms with Crippen molar-refractivity contribution in [3.05, 3.63) is 60.4 Å². The van der Waals surface area contributed by atoms with Crippen molar-refractivity contribution < 1.29 is 18.7 Å². The van der Waals surface area contributed by atoms with Gasteiger partial charge in [0.05, 0.1) is 41.4 Å². The van der Waals surface area contributed by atoms with Crippen LogP contribution < -0.4 is 10.6 Å². The fourth-order valence-electron chi connectivity index (χ4n) is 6.12. The topological polar surface area (TPSA) is 114 Å². The Kier molecular flexibility index (Phi) is 6.00. The van der Waals surface area contributed by atoms with Crippen LogP contribution in [0.1, 0.15) is 44.7 Å². The highest BCUT2D eigenvalue weighted by atomic mass is 19.1. The average molecular weight is 556 g/mol. The number of amides is 2. The molecule has 0 bridgehead atoms. The third kappa shape index (κ3) is 4.14. The molecule has 3 aromatic heterocycles. The molecule has 11 heteroatoms. The minimum absolute atomic E-state index is 0.0255. The zero-order chi connectivity index (χ0) is 28.3. The van der Waals surface area contributed by atoms with E-state index in [2.05, 4.69) is 20.6 Å². The Labute approximate surface area is 235 Å². The van der Waals surface area contributed by atoms with Crippen LogP contribution in [0.2, 0.25) is 0 Å². The number of anilines is 3. The standard InChI is InChI=1S/C30H30FN7O3/c1-17(2)38-16-33-24-14-22(35-27(26(24)38)34-21-5-9-32-15-20(21)31)18-3-4-19-23(13-18)36-29(40)30(19)7-10-37(11-8-30)28(39)25-6-12-41-25/h3-5,9,13-17,25H,6-8,10-12H2,1-2H3,(H,36,40)(H,32,34,35). The lowest BCUT2D eigenvalue weighted by Crippen LogP contribution is -2.52. The summed E-state index contributed by atoms with van der Waals surface area (Å²) in [5.74, 6) is -0.0204. The third-order valence-electron chi connectivity index (χ3n) is 8.55. The van der Waals surface area contributed by atoms with Gasteiger partial charge in [0.15, 0.2) is 11.6 Å². The fraction of sp³-hybridized carbons (Fsp3) is 0.367. The molecule has 6 heterocycles. The van der Waals surface area contributed by atoms with Crippen molar-refractivity contribution in [1.29, 1.82) is 0 Å². The number of hydrogen-bond acceptors (Lipinski definition) is 7. The third-order valence-corrected chi connectivity index (χ3v) is 8.55. The molecule has 1 spiro atoms. The lowest BCUT2D eigenvalue weighted by Gasteiger charge is -2.40. The number of aromatic nitrogens is 4. The zero-order valence-electron chi connectivity index (χ0n) is 22.9. The second-order valence-corrected chi connectivity index (χ2v) is 11.2. The van der Waals surface area contributed by atoms with Crippen LogP contribution in [0.4, 0.5) is 21.6 Å². The van der Waals surface area contributed by atoms with Crippen LogP contribution in [0.15, 0.2) is 49.1 Å². The van der Waals surface area contributed by atoms with Gasteiger partial charge in [-0.1, -0.05) is 12.1 Å². The van der Waals surface area contributed by atoms with Gasteiger partial charge >= 0.3 is 0 Å². The van der Waals surface area contributed by atoms with Crippen LogP contribution in [0.5, 0.6) is 0 Å². The SMILES string of the molecule is CC(C)n1cnc2cc(-c3ccc4c(c3)NC(=O)C43CCN(C(=O)C4CCO4)CC3)nc(Nc3ccncc3F)c21. The van der Waals surface area contributed by atoms with Crippen LogP contribution >= 0.6 is 0 Å². The number of pyridine rings is 2. The van der Waals surface area contributed by atoms with E-state index in [1.54, 1.807) is 12.4 Å². The zero-order valence-corrected chi connectivity index (χ0v) is 22.9. The molecule has 0 aliphatic carbocycles. The van der Waals surface area contributed by atoms with E-state index < -0.39 is 11.2 Å². The minimum atomic E-state index is -0.663. The van der Waals surface area contributed by atoms with Crippen molar-refractivity contribution in [2.75, 3.05) is 30.3 Å². The second kappa shape index (κ2) is 9.62. The Bertz CT molecular complexity index is 1690. The van der Waals surface area contributed by atoms with Gasteiger partial charge in [-0.2, -0.15) is 0 Å². The minimum Gasteiger partial charge on any atom is -0.368 e. The maximum absolute atomic E-state index is 14.5. The van der Waals surface area contributed by atoms with Crippen LogP contribution in [-0.2, 0) is 19.7 Å². The quantitative estimate of drug-likeness (QED) is 0.371. The summed E-state index contributed by atoms with van der Waals surface area (Å²) in [7, 11) is 0. The Morgan fingerprint density at radius 2 is 2.02 bits per heavy atom. The number of imidazole rings is 1. The molecule has 210 valence electrons. The molecule has 0 radical (unpaired) electrons. The summed E-state index contributed by atoms with van der Waals surface area (Å²) in [6.07, 6.45) is 5.99. The van der Waals surface area contributed by atoms with Crippen molar-refractivity contribution in [3.8, 4) is 11.3 Å². The molecule has 2 fully saturated rings. The molecule has 4 aromatic rings. The van der Waals surface area contributed by atoms with E-state index in [0.29, 0.717) is 49.6 Å². The summed E-state index contributed by atoms with van der Waals surface area (Å²) >= 11 is 0. The molecule has 3 aliphatic heterocycles. The normalized spacial score (nSPS) is 19.4. The first kappa shape index (κ1) is 25.6. The maximum atomic E-state index is 14.5. The van der Waals surface area contributed by atoms with Gasteiger partial charge in [-0.3, -0.25) is 14.6 Å². The molecule has 2 saturated heterocycles. The number of piperidine rings is 1. The summed E-state index contributed by atoms with van der Waals surface area (Å²) in [6, 6.07) is 9.47. The Hall–Kier alpha value is -4.38. The number of nitrogens with zero attached hydrogens (tertiary/aromatic N) is 5. The average Bonchev–Trinajstić information content (AvgIpc) is 3.48. The van der Waals surface area contributed by atoms with E-state index in [4.69, 9.17) is 9.72 Å². The van der Waals surface area contributed by atoms with Gasteiger partial charge in [-0.15, -0.1) is 0 Å². The van der Waals surface area contributed by atoms with Crippen molar-refractivity contribution >= 4 is 40.0 Å². The lowest BCUT2D eigenvalue weighted by atomic mass is 9.73. The number of ether oxygens (including phenoxy) is 1. The summed E-state index contributed by atoms with van der Waals surface area (Å²) in [5, 5.41) is 6.23. The predicted octanol–water partition coefficient (Wildman–Crippen LogP) is 4.56. The van der Waals surface area contributed by atoms with Crippen LogP contribution in [0.3, 0.4) is 0 Å². The van der Waals surface area contributed by atoms with E-state index >= 15 is 0 Å². The highest BCUT2D eigenvalue weighted by Crippen LogP contribution is 2.46. The van der Waals surface area contributed by atoms with E-state index in [-0.39, 0.29) is 29.6 Å². The smallest absolute Gasteiger partial charge is 0.251 e. The fourth-order valence-corrected chi connectivity index (χ4v) is 6.12. The van der Waals surface area contributed by atoms with Crippen LogP contribution in [-0.4, -0.2) is 62.0 Å². The van der Waals surface area contributed by atoms with Gasteiger partial charge in [0, 0.05) is 43.0 Å². The van der Waals surface area contributed by atoms with Gasteiger partial charge in [0.2, 0.25) is 5.91 Å². The number of carbonyl (C=O) groups is 2. The van der Waals surface area contributed by atoms with Crippen LogP contribution in [0, 0.1) is 5.82 Å². The van der Waals surface area contributed by atoms with Crippen molar-refractivity contribution in [2.45, 2.75) is 50.7 Å². The summed E-state index contributed by atoms with van der Waals surface area (Å²) in [6.45, 7) is 5.76. The first-order valence-electron chi connectivity index (χ1n) is 13.9. The summed E-state index contributed by atoms with van der Waals surface area (Å²) in [5.41, 5.74) is 4.22. The molecule has 3 aliphatic rings. The Balaban J connectivity index is 1.22. The van der Waals surface area contributed by atoms with Gasteiger partial charge in [-0.25, -0.2) is 14.4 Å². The Morgan fingerprint density at radius 3 is 2.73 bits per heavy atom. The number of nitrogens with one attached hydrogen (secondary N) is 2. The van der Waals surface area contributed by atoms with E-state index in [9.17, 15) is 14.0 Å². The molecule has 41 heavy (non-hydrogen) atoms. The number of carbonyl (C=O) groups excluding carboxylic acids is 2. The molecule has 2 amide bonds. The number of rotatable bonds is 5. The summed E-state index contributed by atoms with van der Waals surface area (Å²) in [4.78, 5) is 41.2. The van der Waals surface area contributed by atoms with Gasteiger partial charge in [-0.05, 0) is 50.5 Å². The number of benzene rings is 1. The van der Waals surface area contributed by atoms with E-state index in [1.807, 2.05) is 47.6 Å². The highest BCUT2D eigenvalue weighted by Gasteiger charge is 2.49. The number of hydrogen-bond donors (Lipinski definition) is 2. The van der Waals surface area contributed by atoms with E-state index in [1.165, 1.54) is 6.20 Å². The Morgan fingerprint density at radius 1 is 1.22 bits per heavy atom. The van der Waals surface area contributed by atoms with E-state index in [0.717, 1.165) is 34.9 Å². The molecular formula is C30H30FN7O3.